The summed E-state index contributed by atoms with van der Waals surface area (Å²) in [6, 6.07) is -0.610. The van der Waals surface area contributed by atoms with Crippen LogP contribution in [0.1, 0.15) is 34.6 Å². The predicted octanol–water partition coefficient (Wildman–Crippen LogP) is 2.31. The Hall–Kier alpha value is -1.47. The quantitative estimate of drug-likeness (QED) is 0.866. The topological polar surface area (TPSA) is 58.6 Å². The maximum atomic E-state index is 12.0. The Morgan fingerprint density at radius 2 is 1.75 bits per heavy atom. The van der Waals surface area contributed by atoms with Crippen LogP contribution in [0.2, 0.25) is 0 Å². The summed E-state index contributed by atoms with van der Waals surface area (Å²) in [6.45, 7) is 8.23. The number of amides is 2. The van der Waals surface area contributed by atoms with E-state index in [2.05, 4.69) is 0 Å². The van der Waals surface area contributed by atoms with E-state index in [0.717, 1.165) is 0 Å². The summed E-state index contributed by atoms with van der Waals surface area (Å²) >= 11 is 0. The van der Waals surface area contributed by atoms with E-state index in [-0.39, 0.29) is 13.1 Å². The van der Waals surface area contributed by atoms with Gasteiger partial charge in [-0.1, -0.05) is 0 Å². The van der Waals surface area contributed by atoms with Crippen molar-refractivity contribution in [3.05, 3.63) is 0 Å². The lowest BCUT2D eigenvalue weighted by Gasteiger charge is -2.31. The molecule has 0 aliphatic carbocycles. The number of rotatable bonds is 4. The van der Waals surface area contributed by atoms with Gasteiger partial charge in [0.2, 0.25) is 0 Å². The molecule has 0 fully saturated rings. The number of halogens is 3. The molecule has 1 atom stereocenters. The molecule has 0 aromatic heterocycles. The number of likely N-dealkylation sites (N-methyl/N-ethyl adjacent to an activating group) is 1. The fourth-order valence-corrected chi connectivity index (χ4v) is 1.39. The summed E-state index contributed by atoms with van der Waals surface area (Å²) in [5.74, 6) is -2.02. The van der Waals surface area contributed by atoms with Crippen molar-refractivity contribution < 1.29 is 27.5 Å². The van der Waals surface area contributed by atoms with Gasteiger partial charge >= 0.3 is 18.2 Å². The van der Waals surface area contributed by atoms with Crippen LogP contribution < -0.4 is 5.32 Å². The predicted molar refractivity (Wildman–Crippen MR) is 67.1 cm³/mol. The molecule has 0 saturated heterocycles. The molecule has 8 heteroatoms. The smallest absolute Gasteiger partial charge is 0.444 e. The largest absolute Gasteiger partial charge is 0.471 e. The first-order valence-electron chi connectivity index (χ1n) is 6.23. The van der Waals surface area contributed by atoms with Crippen molar-refractivity contribution in [2.24, 2.45) is 0 Å². The lowest BCUT2D eigenvalue weighted by Crippen LogP contribution is -2.49. The first-order valence-corrected chi connectivity index (χ1v) is 6.23. The summed E-state index contributed by atoms with van der Waals surface area (Å²) in [4.78, 5) is 23.8. The van der Waals surface area contributed by atoms with Gasteiger partial charge in [-0.15, -0.1) is 0 Å². The normalized spacial score (nSPS) is 13.6. The highest BCUT2D eigenvalue weighted by Gasteiger charge is 2.38. The SMILES string of the molecule is CCN(C(=O)OC(C)(C)C)[C@@H](C)CNC(=O)C(F)(F)F. The number of ether oxygens (including phenoxy) is 1. The van der Waals surface area contributed by atoms with Crippen LogP contribution in [0.4, 0.5) is 18.0 Å². The number of nitrogens with zero attached hydrogens (tertiary/aromatic N) is 1. The van der Waals surface area contributed by atoms with Gasteiger partial charge in [-0.25, -0.2) is 4.79 Å². The first-order chi connectivity index (χ1) is 8.88. The molecule has 0 radical (unpaired) electrons. The van der Waals surface area contributed by atoms with Gasteiger partial charge in [-0.2, -0.15) is 13.2 Å². The number of hydrogen-bond donors (Lipinski definition) is 1. The van der Waals surface area contributed by atoms with Crippen molar-refractivity contribution in [2.45, 2.75) is 52.4 Å². The fraction of sp³-hybridized carbons (Fsp3) is 0.833. The van der Waals surface area contributed by atoms with Crippen LogP contribution in [0, 0.1) is 0 Å². The minimum Gasteiger partial charge on any atom is -0.444 e. The van der Waals surface area contributed by atoms with Crippen molar-refractivity contribution in [1.29, 1.82) is 0 Å². The highest BCUT2D eigenvalue weighted by molar-refractivity contribution is 5.81. The van der Waals surface area contributed by atoms with Crippen LogP contribution in [-0.4, -0.2) is 47.8 Å². The van der Waals surface area contributed by atoms with Gasteiger partial charge in [0.15, 0.2) is 0 Å². The number of hydrogen-bond acceptors (Lipinski definition) is 3. The van der Waals surface area contributed by atoms with Crippen LogP contribution in [0.15, 0.2) is 0 Å². The molecule has 2 amide bonds. The maximum absolute atomic E-state index is 12.0. The minimum absolute atomic E-state index is 0.262. The highest BCUT2D eigenvalue weighted by atomic mass is 19.4. The third-order valence-electron chi connectivity index (χ3n) is 2.32. The average molecular weight is 298 g/mol. The van der Waals surface area contributed by atoms with Gasteiger partial charge in [-0.3, -0.25) is 4.79 Å². The Morgan fingerprint density at radius 3 is 2.10 bits per heavy atom. The molecule has 0 rings (SSSR count). The van der Waals surface area contributed by atoms with Crippen molar-refractivity contribution in [3.63, 3.8) is 0 Å². The molecule has 0 spiro atoms. The third-order valence-corrected chi connectivity index (χ3v) is 2.32. The minimum atomic E-state index is -4.93. The van der Waals surface area contributed by atoms with Crippen molar-refractivity contribution in [3.8, 4) is 0 Å². The molecule has 20 heavy (non-hydrogen) atoms. The van der Waals surface area contributed by atoms with Crippen molar-refractivity contribution >= 4 is 12.0 Å². The van der Waals surface area contributed by atoms with E-state index < -0.39 is 29.8 Å². The number of carbonyl (C=O) groups is 2. The van der Waals surface area contributed by atoms with Crippen LogP contribution in [-0.2, 0) is 9.53 Å². The van der Waals surface area contributed by atoms with Gasteiger partial charge in [-0.05, 0) is 34.6 Å². The van der Waals surface area contributed by atoms with E-state index >= 15 is 0 Å². The van der Waals surface area contributed by atoms with Crippen molar-refractivity contribution in [1.82, 2.24) is 10.2 Å². The zero-order valence-electron chi connectivity index (χ0n) is 12.3. The molecule has 0 heterocycles. The molecule has 0 bridgehead atoms. The van der Waals surface area contributed by atoms with Crippen LogP contribution >= 0.6 is 0 Å². The number of nitrogens with one attached hydrogen (secondary N) is 1. The van der Waals surface area contributed by atoms with Crippen LogP contribution in [0.5, 0.6) is 0 Å². The van der Waals surface area contributed by atoms with Crippen molar-refractivity contribution in [2.75, 3.05) is 13.1 Å². The molecule has 0 aliphatic rings. The molecule has 0 aromatic rings. The zero-order chi connectivity index (χ0) is 16.1. The molecule has 0 aliphatic heterocycles. The zero-order valence-corrected chi connectivity index (χ0v) is 12.3. The van der Waals surface area contributed by atoms with E-state index in [1.54, 1.807) is 33.0 Å². The molecule has 5 nitrogen and oxygen atoms in total. The molecule has 0 saturated carbocycles. The van der Waals surface area contributed by atoms with Crippen LogP contribution in [0.25, 0.3) is 0 Å². The number of carbonyl (C=O) groups excluding carboxylic acids is 2. The third kappa shape index (κ3) is 6.63. The van der Waals surface area contributed by atoms with Gasteiger partial charge in [0.05, 0.1) is 0 Å². The van der Waals surface area contributed by atoms with E-state index in [1.807, 2.05) is 0 Å². The standard InChI is InChI=1S/C12H21F3N2O3/c1-6-17(10(19)20-11(3,4)5)8(2)7-16-9(18)12(13,14)15/h8H,6-7H2,1-5H3,(H,16,18)/t8-/m0/s1. The number of alkyl halides is 3. The second-order valence-electron chi connectivity index (χ2n) is 5.32. The summed E-state index contributed by atoms with van der Waals surface area (Å²) in [7, 11) is 0. The Labute approximate surface area is 116 Å². The molecular formula is C12H21F3N2O3. The summed E-state index contributed by atoms with van der Waals surface area (Å²) in [5, 5.41) is 1.74. The molecule has 0 unspecified atom stereocenters. The van der Waals surface area contributed by atoms with E-state index in [1.165, 1.54) is 11.8 Å². The van der Waals surface area contributed by atoms with E-state index in [9.17, 15) is 22.8 Å². The Morgan fingerprint density at radius 1 is 1.25 bits per heavy atom. The Kier molecular flexibility index (Phi) is 6.31. The first kappa shape index (κ1) is 18.5. The van der Waals surface area contributed by atoms with Gasteiger partial charge in [0.1, 0.15) is 5.60 Å². The lowest BCUT2D eigenvalue weighted by molar-refractivity contribution is -0.173. The van der Waals surface area contributed by atoms with Gasteiger partial charge < -0.3 is 15.0 Å². The second-order valence-corrected chi connectivity index (χ2v) is 5.32. The second kappa shape index (κ2) is 6.81. The van der Waals surface area contributed by atoms with Crippen LogP contribution in [0.3, 0.4) is 0 Å². The van der Waals surface area contributed by atoms with Gasteiger partial charge in [0, 0.05) is 19.1 Å². The van der Waals surface area contributed by atoms with Gasteiger partial charge in [0.25, 0.3) is 0 Å². The summed E-state index contributed by atoms with van der Waals surface area (Å²) < 4.78 is 41.3. The monoisotopic (exact) mass is 298 g/mol. The lowest BCUT2D eigenvalue weighted by atomic mass is 10.2. The van der Waals surface area contributed by atoms with E-state index in [4.69, 9.17) is 4.74 Å². The average Bonchev–Trinajstić information content (AvgIpc) is 2.22. The molecular weight excluding hydrogens is 277 g/mol. The Balaban J connectivity index is 4.53. The maximum Gasteiger partial charge on any atom is 0.471 e. The summed E-state index contributed by atoms with van der Waals surface area (Å²) in [5.41, 5.74) is -0.695. The molecule has 0 aromatic carbocycles. The highest BCUT2D eigenvalue weighted by Crippen LogP contribution is 2.15. The Bertz CT molecular complexity index is 351. The molecule has 1 N–H and O–H groups in total. The fourth-order valence-electron chi connectivity index (χ4n) is 1.39. The van der Waals surface area contributed by atoms with E-state index in [0.29, 0.717) is 0 Å². The summed E-state index contributed by atoms with van der Waals surface area (Å²) in [6.07, 6.45) is -5.56. The molecule has 118 valence electrons.